The molecular weight excluding hydrogens is 331 g/mol. The minimum absolute atomic E-state index is 0.0606. The molecule has 0 fully saturated rings. The molecule has 0 aliphatic carbocycles. The van der Waals surface area contributed by atoms with Crippen molar-refractivity contribution in [3.63, 3.8) is 0 Å². The van der Waals surface area contributed by atoms with E-state index < -0.39 is 11.9 Å². The second-order valence-corrected chi connectivity index (χ2v) is 6.13. The van der Waals surface area contributed by atoms with E-state index in [1.165, 1.54) is 6.07 Å². The predicted molar refractivity (Wildman–Crippen MR) is 100 cm³/mol. The molecule has 138 valence electrons. The first kappa shape index (κ1) is 19.6. The number of nitrogens with one attached hydrogen (secondary N) is 1. The van der Waals surface area contributed by atoms with Gasteiger partial charge in [-0.3, -0.25) is 9.59 Å². The molecule has 0 unspecified atom stereocenters. The third-order valence-electron chi connectivity index (χ3n) is 4.42. The van der Waals surface area contributed by atoms with E-state index in [0.29, 0.717) is 24.9 Å². The summed E-state index contributed by atoms with van der Waals surface area (Å²) in [6.45, 7) is 2.27. The van der Waals surface area contributed by atoms with Gasteiger partial charge in [0.15, 0.2) is 0 Å². The Kier molecular flexibility index (Phi) is 7.33. The Bertz CT molecular complexity index is 734. The van der Waals surface area contributed by atoms with Gasteiger partial charge < -0.3 is 10.2 Å². The van der Waals surface area contributed by atoms with E-state index in [1.807, 2.05) is 37.3 Å². The number of hydrogen-bond acceptors (Lipinski definition) is 2. The first-order valence-electron chi connectivity index (χ1n) is 8.85. The van der Waals surface area contributed by atoms with Gasteiger partial charge in [-0.15, -0.1) is 0 Å². The maximum absolute atomic E-state index is 13.9. The molecule has 0 bridgehead atoms. The average Bonchev–Trinajstić information content (AvgIpc) is 2.67. The average molecular weight is 356 g/mol. The zero-order valence-electron chi connectivity index (χ0n) is 15.2. The number of carbonyl (C=O) groups excluding carboxylic acids is 2. The monoisotopic (exact) mass is 356 g/mol. The highest BCUT2D eigenvalue weighted by Crippen LogP contribution is 2.14. The van der Waals surface area contributed by atoms with E-state index in [-0.39, 0.29) is 18.2 Å². The van der Waals surface area contributed by atoms with Crippen molar-refractivity contribution < 1.29 is 14.0 Å². The van der Waals surface area contributed by atoms with Gasteiger partial charge >= 0.3 is 0 Å². The Morgan fingerprint density at radius 1 is 1.08 bits per heavy atom. The first-order valence-corrected chi connectivity index (χ1v) is 8.85. The smallest absolute Gasteiger partial charge is 0.242 e. The Morgan fingerprint density at radius 3 is 2.35 bits per heavy atom. The summed E-state index contributed by atoms with van der Waals surface area (Å²) in [7, 11) is 1.56. The summed E-state index contributed by atoms with van der Waals surface area (Å²) in [5.41, 5.74) is 1.43. The summed E-state index contributed by atoms with van der Waals surface area (Å²) in [5.74, 6) is -0.860. The number of benzene rings is 2. The molecule has 2 aromatic carbocycles. The third kappa shape index (κ3) is 5.15. The second-order valence-electron chi connectivity index (χ2n) is 6.13. The van der Waals surface area contributed by atoms with E-state index in [9.17, 15) is 14.0 Å². The number of hydrogen-bond donors (Lipinski definition) is 1. The molecule has 2 rings (SSSR count). The van der Waals surface area contributed by atoms with Gasteiger partial charge in [0.1, 0.15) is 11.9 Å². The zero-order chi connectivity index (χ0) is 18.9. The summed E-state index contributed by atoms with van der Waals surface area (Å²) < 4.78 is 13.9. The minimum atomic E-state index is -0.567. The van der Waals surface area contributed by atoms with Crippen molar-refractivity contribution >= 4 is 11.8 Å². The van der Waals surface area contributed by atoms with Crippen LogP contribution in [0.4, 0.5) is 4.39 Å². The summed E-state index contributed by atoms with van der Waals surface area (Å²) in [4.78, 5) is 26.7. The number of halogens is 1. The minimum Gasteiger partial charge on any atom is -0.357 e. The van der Waals surface area contributed by atoms with Crippen molar-refractivity contribution in [2.24, 2.45) is 0 Å². The lowest BCUT2D eigenvalue weighted by Crippen LogP contribution is -2.49. The number of carbonyl (C=O) groups is 2. The number of amides is 2. The van der Waals surface area contributed by atoms with Crippen LogP contribution < -0.4 is 5.32 Å². The predicted octanol–water partition coefficient (Wildman–Crippen LogP) is 2.96. The van der Waals surface area contributed by atoms with Crippen molar-refractivity contribution in [2.45, 2.75) is 32.2 Å². The molecule has 0 spiro atoms. The molecule has 2 amide bonds. The van der Waals surface area contributed by atoms with E-state index in [4.69, 9.17) is 0 Å². The SMILES string of the molecule is CC[C@@H](C(=O)NC)N(CCc1ccccc1)C(=O)Cc1ccccc1F. The van der Waals surface area contributed by atoms with E-state index in [1.54, 1.807) is 30.1 Å². The normalized spacial score (nSPS) is 11.7. The highest BCUT2D eigenvalue weighted by Gasteiger charge is 2.27. The first-order chi connectivity index (χ1) is 12.6. The fourth-order valence-electron chi connectivity index (χ4n) is 2.97. The summed E-state index contributed by atoms with van der Waals surface area (Å²) in [6, 6.07) is 15.5. The van der Waals surface area contributed by atoms with Gasteiger partial charge in [-0.1, -0.05) is 55.5 Å². The quantitative estimate of drug-likeness (QED) is 0.791. The van der Waals surface area contributed by atoms with Crippen LogP contribution in [0.15, 0.2) is 54.6 Å². The highest BCUT2D eigenvalue weighted by atomic mass is 19.1. The van der Waals surface area contributed by atoms with Crippen LogP contribution in [0.5, 0.6) is 0 Å². The lowest BCUT2D eigenvalue weighted by molar-refractivity contribution is -0.140. The van der Waals surface area contributed by atoms with Gasteiger partial charge in [0.05, 0.1) is 6.42 Å². The fraction of sp³-hybridized carbons (Fsp3) is 0.333. The lowest BCUT2D eigenvalue weighted by atomic mass is 10.1. The van der Waals surface area contributed by atoms with Crippen molar-refractivity contribution in [1.82, 2.24) is 10.2 Å². The van der Waals surface area contributed by atoms with Crippen LogP contribution in [0.25, 0.3) is 0 Å². The number of nitrogens with zero attached hydrogens (tertiary/aromatic N) is 1. The Balaban J connectivity index is 2.19. The van der Waals surface area contributed by atoms with Gasteiger partial charge in [0.2, 0.25) is 11.8 Å². The van der Waals surface area contributed by atoms with Gasteiger partial charge in [-0.2, -0.15) is 0 Å². The summed E-state index contributed by atoms with van der Waals surface area (Å²) in [6.07, 6.45) is 1.07. The van der Waals surface area contributed by atoms with Crippen molar-refractivity contribution in [2.75, 3.05) is 13.6 Å². The van der Waals surface area contributed by atoms with Crippen LogP contribution >= 0.6 is 0 Å². The highest BCUT2D eigenvalue weighted by molar-refractivity contribution is 5.88. The molecule has 0 saturated heterocycles. The molecule has 4 nitrogen and oxygen atoms in total. The Morgan fingerprint density at radius 2 is 1.73 bits per heavy atom. The maximum Gasteiger partial charge on any atom is 0.242 e. The molecule has 0 saturated carbocycles. The molecule has 0 heterocycles. The van der Waals surface area contributed by atoms with Crippen molar-refractivity contribution in [3.8, 4) is 0 Å². The lowest BCUT2D eigenvalue weighted by Gasteiger charge is -2.30. The molecule has 0 radical (unpaired) electrons. The molecular formula is C21H25FN2O2. The zero-order valence-corrected chi connectivity index (χ0v) is 15.2. The molecule has 1 N–H and O–H groups in total. The van der Waals surface area contributed by atoms with Crippen LogP contribution in [-0.2, 0) is 22.4 Å². The van der Waals surface area contributed by atoms with Gasteiger partial charge in [-0.05, 0) is 30.0 Å². The van der Waals surface area contributed by atoms with Crippen molar-refractivity contribution in [3.05, 3.63) is 71.5 Å². The van der Waals surface area contributed by atoms with Gasteiger partial charge in [-0.25, -0.2) is 4.39 Å². The van der Waals surface area contributed by atoms with E-state index in [2.05, 4.69) is 5.32 Å². The third-order valence-corrected chi connectivity index (χ3v) is 4.42. The fourth-order valence-corrected chi connectivity index (χ4v) is 2.97. The molecule has 0 aliphatic heterocycles. The Labute approximate surface area is 154 Å². The summed E-state index contributed by atoms with van der Waals surface area (Å²) >= 11 is 0. The molecule has 0 aromatic heterocycles. The van der Waals surface area contributed by atoms with E-state index >= 15 is 0 Å². The van der Waals surface area contributed by atoms with Crippen LogP contribution in [0, 0.1) is 5.82 Å². The maximum atomic E-state index is 13.9. The number of rotatable bonds is 8. The topological polar surface area (TPSA) is 49.4 Å². The van der Waals surface area contributed by atoms with Gasteiger partial charge in [0.25, 0.3) is 0 Å². The second kappa shape index (κ2) is 9.70. The molecule has 0 aliphatic rings. The van der Waals surface area contributed by atoms with Crippen molar-refractivity contribution in [1.29, 1.82) is 0 Å². The summed E-state index contributed by atoms with van der Waals surface area (Å²) in [5, 5.41) is 2.62. The largest absolute Gasteiger partial charge is 0.357 e. The molecule has 26 heavy (non-hydrogen) atoms. The number of likely N-dealkylation sites (N-methyl/N-ethyl adjacent to an activating group) is 1. The van der Waals surface area contributed by atoms with Crippen LogP contribution in [0.3, 0.4) is 0 Å². The van der Waals surface area contributed by atoms with Crippen LogP contribution in [-0.4, -0.2) is 36.3 Å². The van der Waals surface area contributed by atoms with Crippen LogP contribution in [0.2, 0.25) is 0 Å². The van der Waals surface area contributed by atoms with Gasteiger partial charge in [0, 0.05) is 13.6 Å². The molecule has 2 aromatic rings. The molecule has 5 heteroatoms. The van der Waals surface area contributed by atoms with Crippen LogP contribution in [0.1, 0.15) is 24.5 Å². The standard InChI is InChI=1S/C21H25FN2O2/c1-3-19(21(26)23-2)24(14-13-16-9-5-4-6-10-16)20(25)15-17-11-7-8-12-18(17)22/h4-12,19H,3,13-15H2,1-2H3,(H,23,26)/t19-/m0/s1. The molecule has 1 atom stereocenters. The Hall–Kier alpha value is -2.69. The van der Waals surface area contributed by atoms with E-state index in [0.717, 1.165) is 5.56 Å².